The third-order valence-corrected chi connectivity index (χ3v) is 24.4. The molecule has 0 spiro atoms. The van der Waals surface area contributed by atoms with Gasteiger partial charge in [-0.15, -0.1) is 24.8 Å². The Kier molecular flexibility index (Phi) is 9.22. The first kappa shape index (κ1) is 20.6. The summed E-state index contributed by atoms with van der Waals surface area (Å²) < 4.78 is 3.89. The number of rotatable bonds is 4. The molecule has 0 saturated carbocycles. The molecule has 0 bridgehead atoms. The van der Waals surface area contributed by atoms with E-state index in [2.05, 4.69) is 46.8 Å². The zero-order valence-electron chi connectivity index (χ0n) is 13.3. The van der Waals surface area contributed by atoms with Gasteiger partial charge >= 0.3 is 122 Å². The van der Waals surface area contributed by atoms with Crippen LogP contribution in [-0.2, 0) is 20.9 Å². The summed E-state index contributed by atoms with van der Waals surface area (Å²) in [6.45, 7) is 12.0. The predicted octanol–water partition coefficient (Wildman–Crippen LogP) is 5.22. The van der Waals surface area contributed by atoms with E-state index in [9.17, 15) is 0 Å². The molecule has 113 valence electrons. The van der Waals surface area contributed by atoms with Crippen molar-refractivity contribution in [2.45, 2.75) is 53.5 Å². The second-order valence-electron chi connectivity index (χ2n) is 5.62. The third kappa shape index (κ3) is 4.09. The van der Waals surface area contributed by atoms with Crippen molar-refractivity contribution in [1.29, 1.82) is 0 Å². The standard InChI is InChI=1S/2C7H9.C2H7Si.2ClH.Zr/c2*1-6-4-3-5-7(6)2;1-2-3;;;/h2*4H,3H2,1-2H3;2-3H2,1H3;2*1H;. The first-order valence-electron chi connectivity index (χ1n) is 7.16. The molecule has 0 aliphatic heterocycles. The molecule has 2 aliphatic carbocycles. The average Bonchev–Trinajstić information content (AvgIpc) is 2.84. The van der Waals surface area contributed by atoms with Gasteiger partial charge in [-0.05, 0) is 0 Å². The Hall–Kier alpha value is 0.640. The van der Waals surface area contributed by atoms with E-state index in [4.69, 9.17) is 0 Å². The van der Waals surface area contributed by atoms with Crippen LogP contribution in [0.2, 0.25) is 6.04 Å². The van der Waals surface area contributed by atoms with Crippen molar-refractivity contribution in [1.82, 2.24) is 0 Å². The summed E-state index contributed by atoms with van der Waals surface area (Å²) in [6, 6.07) is 1.50. The first-order chi connectivity index (χ1) is 8.56. The molecule has 0 atom stereocenters. The van der Waals surface area contributed by atoms with Gasteiger partial charge < -0.3 is 0 Å². The topological polar surface area (TPSA) is 0 Å². The summed E-state index contributed by atoms with van der Waals surface area (Å²) in [5.74, 6) is 0. The maximum Gasteiger partial charge on any atom is -0.147 e. The number of hydrogen-bond acceptors (Lipinski definition) is 0. The molecule has 0 saturated heterocycles. The molecular weight excluding hydrogens is 382 g/mol. The number of halogens is 2. The van der Waals surface area contributed by atoms with Crippen LogP contribution in [0.15, 0.2) is 41.0 Å². The van der Waals surface area contributed by atoms with Crippen molar-refractivity contribution in [3.8, 4) is 0 Å². The molecule has 2 aliphatic rings. The van der Waals surface area contributed by atoms with Crippen LogP contribution in [0.3, 0.4) is 0 Å². The van der Waals surface area contributed by atoms with Crippen molar-refractivity contribution >= 4 is 31.5 Å². The van der Waals surface area contributed by atoms with Gasteiger partial charge in [-0.1, -0.05) is 0 Å². The van der Waals surface area contributed by atoms with Crippen LogP contribution in [0.25, 0.3) is 0 Å². The first-order valence-corrected chi connectivity index (χ1v) is 16.5. The summed E-state index contributed by atoms with van der Waals surface area (Å²) in [4.78, 5) is 0. The van der Waals surface area contributed by atoms with Crippen molar-refractivity contribution in [2.24, 2.45) is 0 Å². The van der Waals surface area contributed by atoms with Crippen LogP contribution in [0.5, 0.6) is 0 Å². The molecule has 0 nitrogen and oxygen atoms in total. The van der Waals surface area contributed by atoms with Gasteiger partial charge in [0.05, 0.1) is 0 Å². The molecule has 0 amide bonds. The molecule has 0 aromatic heterocycles. The minimum absolute atomic E-state index is 0. The second-order valence-corrected chi connectivity index (χ2v) is 20.3. The Morgan fingerprint density at radius 2 is 1.30 bits per heavy atom. The van der Waals surface area contributed by atoms with Gasteiger partial charge in [0.25, 0.3) is 0 Å². The smallest absolute Gasteiger partial charge is 0.147 e. The zero-order chi connectivity index (χ0) is 13.3. The number of hydrogen-bond donors (Lipinski definition) is 0. The quantitative estimate of drug-likeness (QED) is 0.559. The molecule has 4 heteroatoms. The molecule has 0 aromatic carbocycles. The van der Waals surface area contributed by atoms with E-state index < -0.39 is 20.9 Å². The van der Waals surface area contributed by atoms with Crippen LogP contribution in [0, 0.1) is 0 Å². The maximum atomic E-state index is 2.47. The molecule has 0 heterocycles. The van der Waals surface area contributed by atoms with Crippen LogP contribution in [0.1, 0.15) is 47.5 Å². The SMILES string of the molecule is CC[SiH2][Zr]([C]1=C(C)C(C)=CC1)[C]1=C(C)C(C)=CC1.Cl.Cl. The molecule has 0 fully saturated rings. The molecule has 20 heavy (non-hydrogen) atoms. The van der Waals surface area contributed by atoms with E-state index in [-0.39, 0.29) is 31.5 Å². The largest absolute Gasteiger partial charge is 0.147 e. The van der Waals surface area contributed by atoms with Gasteiger partial charge in [-0.25, -0.2) is 0 Å². The third-order valence-electron chi connectivity index (χ3n) is 4.54. The molecule has 2 rings (SSSR count). The normalized spacial score (nSPS) is 18.2. The Morgan fingerprint density at radius 1 is 0.900 bits per heavy atom. The van der Waals surface area contributed by atoms with Crippen molar-refractivity contribution in [2.75, 3.05) is 0 Å². The Bertz CT molecular complexity index is 445. The van der Waals surface area contributed by atoms with E-state index in [0.717, 1.165) is 0 Å². The molecule has 0 unspecified atom stereocenters. The van der Waals surface area contributed by atoms with E-state index in [1.54, 1.807) is 22.3 Å². The van der Waals surface area contributed by atoms with E-state index in [1.165, 1.54) is 18.9 Å². The van der Waals surface area contributed by atoms with Crippen molar-refractivity contribution < 1.29 is 20.9 Å². The summed E-state index contributed by atoms with van der Waals surface area (Å²) in [5.41, 5.74) is 6.48. The Morgan fingerprint density at radius 3 is 1.55 bits per heavy atom. The summed E-state index contributed by atoms with van der Waals surface area (Å²) >= 11 is -1.39. The fourth-order valence-electron chi connectivity index (χ4n) is 3.03. The molecule has 0 radical (unpaired) electrons. The van der Waals surface area contributed by atoms with Gasteiger partial charge in [-0.2, -0.15) is 0 Å². The van der Waals surface area contributed by atoms with Crippen molar-refractivity contribution in [3.63, 3.8) is 0 Å². The van der Waals surface area contributed by atoms with Crippen LogP contribution >= 0.6 is 24.8 Å². The van der Waals surface area contributed by atoms with E-state index in [0.29, 0.717) is 0 Å². The fourth-order valence-corrected chi connectivity index (χ4v) is 22.9. The number of allylic oxidation sites excluding steroid dienone is 8. The summed E-state index contributed by atoms with van der Waals surface area (Å²) in [5, 5.41) is 0. The second kappa shape index (κ2) is 8.93. The Labute approximate surface area is 146 Å². The Balaban J connectivity index is 0.00000180. The van der Waals surface area contributed by atoms with Crippen LogP contribution < -0.4 is 0 Å². The molecular formula is C16H27Cl2SiZr. The van der Waals surface area contributed by atoms with E-state index in [1.807, 2.05) is 6.56 Å². The minimum Gasteiger partial charge on any atom is -0.147 e. The minimum atomic E-state index is -1.39. The van der Waals surface area contributed by atoms with Gasteiger partial charge in [0.1, 0.15) is 0 Å². The average molecular weight is 410 g/mol. The maximum absolute atomic E-state index is 2.47. The summed E-state index contributed by atoms with van der Waals surface area (Å²) in [6.07, 6.45) is 7.55. The molecule has 0 N–H and O–H groups in total. The van der Waals surface area contributed by atoms with Gasteiger partial charge in [0.2, 0.25) is 0 Å². The van der Waals surface area contributed by atoms with Gasteiger partial charge in [0.15, 0.2) is 0 Å². The van der Waals surface area contributed by atoms with Crippen LogP contribution in [-0.4, -0.2) is 6.65 Å². The van der Waals surface area contributed by atoms with Crippen molar-refractivity contribution in [3.05, 3.63) is 41.0 Å². The zero-order valence-corrected chi connectivity index (χ0v) is 18.8. The van der Waals surface area contributed by atoms with Gasteiger partial charge in [0, 0.05) is 0 Å². The molecule has 0 aromatic rings. The van der Waals surface area contributed by atoms with E-state index >= 15 is 0 Å². The van der Waals surface area contributed by atoms with Gasteiger partial charge in [-0.3, -0.25) is 0 Å². The fraction of sp³-hybridized carbons (Fsp3) is 0.500. The summed E-state index contributed by atoms with van der Waals surface area (Å²) in [7, 11) is 0. The monoisotopic (exact) mass is 407 g/mol. The van der Waals surface area contributed by atoms with Crippen LogP contribution in [0.4, 0.5) is 0 Å². The predicted molar refractivity (Wildman–Crippen MR) is 95.7 cm³/mol.